The Morgan fingerprint density at radius 3 is 2.40 bits per heavy atom. The molecule has 0 saturated carbocycles. The molecular formula is C14H16F3N3. The van der Waals surface area contributed by atoms with Crippen molar-refractivity contribution in [1.82, 2.24) is 10.2 Å². The van der Waals surface area contributed by atoms with E-state index in [1.807, 2.05) is 0 Å². The molecule has 0 radical (unpaired) electrons. The summed E-state index contributed by atoms with van der Waals surface area (Å²) in [5.41, 5.74) is 0.0999. The summed E-state index contributed by atoms with van der Waals surface area (Å²) < 4.78 is 37.3. The molecule has 0 aliphatic carbocycles. The van der Waals surface area contributed by atoms with Gasteiger partial charge in [0.1, 0.15) is 0 Å². The van der Waals surface area contributed by atoms with Gasteiger partial charge in [-0.05, 0) is 17.7 Å². The highest BCUT2D eigenvalue weighted by molar-refractivity contribution is 5.79. The third-order valence-corrected chi connectivity index (χ3v) is 2.62. The van der Waals surface area contributed by atoms with E-state index in [0.29, 0.717) is 19.0 Å². The fourth-order valence-corrected chi connectivity index (χ4v) is 1.66. The van der Waals surface area contributed by atoms with Crippen molar-refractivity contribution in [2.45, 2.75) is 12.7 Å². The number of hydrogen-bond acceptors (Lipinski definition) is 1. The number of nitrogens with one attached hydrogen (secondary N) is 1. The van der Waals surface area contributed by atoms with Crippen LogP contribution in [0.5, 0.6) is 0 Å². The van der Waals surface area contributed by atoms with Crippen molar-refractivity contribution in [2.24, 2.45) is 4.99 Å². The second-order valence-electron chi connectivity index (χ2n) is 4.16. The molecule has 1 rings (SSSR count). The van der Waals surface area contributed by atoms with E-state index in [4.69, 9.17) is 6.42 Å². The maximum absolute atomic E-state index is 12.4. The van der Waals surface area contributed by atoms with Gasteiger partial charge in [-0.15, -0.1) is 6.42 Å². The molecular weight excluding hydrogens is 267 g/mol. The smallest absolute Gasteiger partial charge is 0.345 e. The van der Waals surface area contributed by atoms with E-state index in [1.165, 1.54) is 12.1 Å². The Kier molecular flexibility index (Phi) is 5.44. The molecule has 0 bridgehead atoms. The van der Waals surface area contributed by atoms with Crippen LogP contribution < -0.4 is 5.32 Å². The Hall–Kier alpha value is -2.16. The summed E-state index contributed by atoms with van der Waals surface area (Å²) in [6.45, 7) is 0.770. The molecule has 1 aromatic carbocycles. The minimum atomic E-state index is -4.31. The number of benzene rings is 1. The lowest BCUT2D eigenvalue weighted by Crippen LogP contribution is -2.38. The minimum absolute atomic E-state index is 0.337. The normalized spacial score (nSPS) is 11.9. The van der Waals surface area contributed by atoms with E-state index < -0.39 is 11.7 Å². The number of terminal acetylenes is 1. The summed E-state index contributed by atoms with van der Waals surface area (Å²) in [7, 11) is 3.39. The van der Waals surface area contributed by atoms with Gasteiger partial charge in [-0.3, -0.25) is 4.99 Å². The van der Waals surface area contributed by atoms with Crippen LogP contribution in [0.4, 0.5) is 13.2 Å². The Morgan fingerprint density at radius 2 is 1.95 bits per heavy atom. The number of rotatable bonds is 3. The summed E-state index contributed by atoms with van der Waals surface area (Å²) in [6.07, 6.45) is 0.838. The Labute approximate surface area is 116 Å². The molecule has 0 amide bonds. The van der Waals surface area contributed by atoms with Crippen molar-refractivity contribution >= 4 is 5.96 Å². The van der Waals surface area contributed by atoms with Gasteiger partial charge in [-0.2, -0.15) is 13.2 Å². The van der Waals surface area contributed by atoms with Crippen LogP contribution in [0.2, 0.25) is 0 Å². The number of hydrogen-bond donors (Lipinski definition) is 1. The fourth-order valence-electron chi connectivity index (χ4n) is 1.66. The molecule has 0 aliphatic rings. The fraction of sp³-hybridized carbons (Fsp3) is 0.357. The van der Waals surface area contributed by atoms with E-state index in [1.54, 1.807) is 19.0 Å². The lowest BCUT2D eigenvalue weighted by molar-refractivity contribution is -0.137. The monoisotopic (exact) mass is 283 g/mol. The molecule has 0 fully saturated rings. The SMILES string of the molecule is C#CCNC(=NC)N(C)Cc1ccc(C(F)(F)F)cc1. The molecule has 20 heavy (non-hydrogen) atoms. The van der Waals surface area contributed by atoms with Crippen molar-refractivity contribution in [2.75, 3.05) is 20.6 Å². The third kappa shape index (κ3) is 4.50. The Balaban J connectivity index is 2.71. The van der Waals surface area contributed by atoms with Crippen LogP contribution in [0.25, 0.3) is 0 Å². The summed E-state index contributed by atoms with van der Waals surface area (Å²) in [5, 5.41) is 2.93. The van der Waals surface area contributed by atoms with Crippen LogP contribution in [0.15, 0.2) is 29.3 Å². The molecule has 0 heterocycles. The number of alkyl halides is 3. The van der Waals surface area contributed by atoms with Crippen LogP contribution in [0.3, 0.4) is 0 Å². The third-order valence-electron chi connectivity index (χ3n) is 2.62. The maximum Gasteiger partial charge on any atom is 0.416 e. The first-order valence-corrected chi connectivity index (χ1v) is 5.90. The zero-order valence-electron chi connectivity index (χ0n) is 11.3. The van der Waals surface area contributed by atoms with Gasteiger partial charge in [-0.25, -0.2) is 0 Å². The highest BCUT2D eigenvalue weighted by Gasteiger charge is 2.29. The predicted molar refractivity (Wildman–Crippen MR) is 73.1 cm³/mol. The van der Waals surface area contributed by atoms with E-state index in [9.17, 15) is 13.2 Å². The summed E-state index contributed by atoms with van der Waals surface area (Å²) in [4.78, 5) is 5.81. The molecule has 1 N–H and O–H groups in total. The molecule has 0 unspecified atom stereocenters. The van der Waals surface area contributed by atoms with Gasteiger partial charge >= 0.3 is 6.18 Å². The highest BCUT2D eigenvalue weighted by atomic mass is 19.4. The molecule has 3 nitrogen and oxygen atoms in total. The average Bonchev–Trinajstić information content (AvgIpc) is 2.39. The van der Waals surface area contributed by atoms with Crippen molar-refractivity contribution in [3.05, 3.63) is 35.4 Å². The zero-order chi connectivity index (χ0) is 15.2. The van der Waals surface area contributed by atoms with E-state index in [2.05, 4.69) is 16.2 Å². The first kappa shape index (κ1) is 15.9. The van der Waals surface area contributed by atoms with Gasteiger partial charge in [0.05, 0.1) is 12.1 Å². The van der Waals surface area contributed by atoms with E-state index in [-0.39, 0.29) is 0 Å². The summed E-state index contributed by atoms with van der Waals surface area (Å²) >= 11 is 0. The van der Waals surface area contributed by atoms with Gasteiger partial charge in [0, 0.05) is 20.6 Å². The predicted octanol–water partition coefficient (Wildman–Crippen LogP) is 2.35. The largest absolute Gasteiger partial charge is 0.416 e. The molecule has 0 aliphatic heterocycles. The minimum Gasteiger partial charge on any atom is -0.345 e. The van der Waals surface area contributed by atoms with Gasteiger partial charge in [0.25, 0.3) is 0 Å². The van der Waals surface area contributed by atoms with Crippen LogP contribution in [-0.2, 0) is 12.7 Å². The molecule has 6 heteroatoms. The second-order valence-corrected chi connectivity index (χ2v) is 4.16. The number of nitrogens with zero attached hydrogens (tertiary/aromatic N) is 2. The second kappa shape index (κ2) is 6.85. The lowest BCUT2D eigenvalue weighted by Gasteiger charge is -2.21. The number of aliphatic imine (C=N–C) groups is 1. The van der Waals surface area contributed by atoms with Crippen molar-refractivity contribution in [3.63, 3.8) is 0 Å². The van der Waals surface area contributed by atoms with Gasteiger partial charge in [-0.1, -0.05) is 18.1 Å². The summed E-state index contributed by atoms with van der Waals surface area (Å²) in [5.74, 6) is 3.02. The van der Waals surface area contributed by atoms with Crippen LogP contribution in [-0.4, -0.2) is 31.5 Å². The van der Waals surface area contributed by atoms with Gasteiger partial charge < -0.3 is 10.2 Å². The topological polar surface area (TPSA) is 27.6 Å². The highest BCUT2D eigenvalue weighted by Crippen LogP contribution is 2.29. The average molecular weight is 283 g/mol. The lowest BCUT2D eigenvalue weighted by atomic mass is 10.1. The molecule has 0 aromatic heterocycles. The zero-order valence-corrected chi connectivity index (χ0v) is 11.3. The Morgan fingerprint density at radius 1 is 1.35 bits per heavy atom. The molecule has 0 atom stereocenters. The first-order valence-electron chi connectivity index (χ1n) is 5.90. The molecule has 0 spiro atoms. The Bertz CT molecular complexity index is 498. The quantitative estimate of drug-likeness (QED) is 0.524. The van der Waals surface area contributed by atoms with E-state index in [0.717, 1.165) is 17.7 Å². The van der Waals surface area contributed by atoms with Gasteiger partial charge in [0.2, 0.25) is 0 Å². The van der Waals surface area contributed by atoms with E-state index >= 15 is 0 Å². The number of guanidine groups is 1. The molecule has 1 aromatic rings. The van der Waals surface area contributed by atoms with Crippen LogP contribution >= 0.6 is 0 Å². The number of halogens is 3. The maximum atomic E-state index is 12.4. The van der Waals surface area contributed by atoms with Crippen molar-refractivity contribution in [1.29, 1.82) is 0 Å². The van der Waals surface area contributed by atoms with Crippen molar-refractivity contribution in [3.8, 4) is 12.3 Å². The van der Waals surface area contributed by atoms with Crippen LogP contribution in [0.1, 0.15) is 11.1 Å². The van der Waals surface area contributed by atoms with Crippen molar-refractivity contribution < 1.29 is 13.2 Å². The first-order chi connectivity index (χ1) is 9.38. The van der Waals surface area contributed by atoms with Crippen LogP contribution in [0, 0.1) is 12.3 Å². The summed E-state index contributed by atoms with van der Waals surface area (Å²) in [6, 6.07) is 5.04. The van der Waals surface area contributed by atoms with Gasteiger partial charge in [0.15, 0.2) is 5.96 Å². The molecule has 108 valence electrons. The molecule has 0 saturated heterocycles. The standard InChI is InChI=1S/C14H16F3N3/c1-4-9-19-13(18-2)20(3)10-11-5-7-12(8-6-11)14(15,16)17/h1,5-8H,9-10H2,2-3H3,(H,18,19).